The predicted octanol–water partition coefficient (Wildman–Crippen LogP) is 1.25. The molecular weight excluding hydrogens is 138 g/mol. The molecule has 1 aromatic rings. The van der Waals surface area contributed by atoms with Gasteiger partial charge < -0.3 is 0 Å². The molecule has 11 heavy (non-hydrogen) atoms. The van der Waals surface area contributed by atoms with Gasteiger partial charge in [-0.1, -0.05) is 17.3 Å². The van der Waals surface area contributed by atoms with Gasteiger partial charge in [-0.3, -0.25) is 4.68 Å². The molecule has 1 aromatic heterocycles. The second-order valence-electron chi connectivity index (χ2n) is 2.30. The summed E-state index contributed by atoms with van der Waals surface area (Å²) in [6.07, 6.45) is 1.84. The highest BCUT2D eigenvalue weighted by atomic mass is 15.4. The standard InChI is InChI=1S/C8H11N3/c1-8-6-4-3-5-7-11(2)10-9-8/h3-7H,1-2H3. The van der Waals surface area contributed by atoms with Crippen LogP contribution < -0.4 is 0 Å². The normalized spacial score (nSPS) is 8.91. The Morgan fingerprint density at radius 1 is 1.27 bits per heavy atom. The van der Waals surface area contributed by atoms with Crippen LogP contribution in [0, 0.1) is 6.92 Å². The first-order valence-electron chi connectivity index (χ1n) is 3.45. The maximum atomic E-state index is 3.93. The topological polar surface area (TPSA) is 30.7 Å². The Kier molecular flexibility index (Phi) is 2.60. The number of hydrogen-bond acceptors (Lipinski definition) is 2. The zero-order valence-electron chi connectivity index (χ0n) is 6.73. The van der Waals surface area contributed by atoms with Crippen LogP contribution in [0.2, 0.25) is 0 Å². The molecule has 58 valence electrons. The summed E-state index contributed by atoms with van der Waals surface area (Å²) in [7, 11) is 1.84. The highest BCUT2D eigenvalue weighted by Gasteiger charge is 1.75. The average molecular weight is 149 g/mol. The van der Waals surface area contributed by atoms with Gasteiger partial charge in [-0.25, -0.2) is 0 Å². The van der Waals surface area contributed by atoms with Crippen molar-refractivity contribution in [3.8, 4) is 0 Å². The molecule has 0 radical (unpaired) electrons. The number of hydrogen-bond donors (Lipinski definition) is 0. The maximum absolute atomic E-state index is 3.93. The third-order valence-electron chi connectivity index (χ3n) is 1.20. The van der Waals surface area contributed by atoms with E-state index < -0.39 is 0 Å². The van der Waals surface area contributed by atoms with Crippen LogP contribution in [0.3, 0.4) is 0 Å². The molecule has 0 N–H and O–H groups in total. The van der Waals surface area contributed by atoms with Crippen molar-refractivity contribution in [2.24, 2.45) is 7.05 Å². The van der Waals surface area contributed by atoms with Crippen LogP contribution in [0.4, 0.5) is 0 Å². The summed E-state index contributed by atoms with van der Waals surface area (Å²) in [6, 6.07) is 7.70. The Hall–Kier alpha value is -1.38. The van der Waals surface area contributed by atoms with Crippen LogP contribution in [0.25, 0.3) is 0 Å². The molecule has 1 rings (SSSR count). The van der Waals surface area contributed by atoms with E-state index in [0.29, 0.717) is 0 Å². The lowest BCUT2D eigenvalue weighted by molar-refractivity contribution is 0.671. The van der Waals surface area contributed by atoms with E-state index in [0.717, 1.165) is 5.69 Å². The van der Waals surface area contributed by atoms with E-state index in [1.54, 1.807) is 4.68 Å². The van der Waals surface area contributed by atoms with E-state index in [-0.39, 0.29) is 0 Å². The second-order valence-corrected chi connectivity index (χ2v) is 2.30. The van der Waals surface area contributed by atoms with Crippen molar-refractivity contribution < 1.29 is 0 Å². The molecule has 0 amide bonds. The first-order chi connectivity index (χ1) is 5.29. The van der Waals surface area contributed by atoms with E-state index in [9.17, 15) is 0 Å². The van der Waals surface area contributed by atoms with E-state index >= 15 is 0 Å². The van der Waals surface area contributed by atoms with Gasteiger partial charge in [-0.05, 0) is 19.1 Å². The van der Waals surface area contributed by atoms with E-state index in [1.807, 2.05) is 44.4 Å². The lowest BCUT2D eigenvalue weighted by atomic mass is 10.4. The molecule has 0 saturated carbocycles. The van der Waals surface area contributed by atoms with Gasteiger partial charge >= 0.3 is 0 Å². The van der Waals surface area contributed by atoms with Gasteiger partial charge in [0.25, 0.3) is 0 Å². The quantitative estimate of drug-likeness (QED) is 0.555. The van der Waals surface area contributed by atoms with Crippen molar-refractivity contribution in [1.82, 2.24) is 15.0 Å². The average Bonchev–Trinajstić information content (AvgIpc) is 2.06. The Bertz CT molecular complexity index is 250. The minimum absolute atomic E-state index is 0.900. The maximum Gasteiger partial charge on any atom is 0.0617 e. The first kappa shape index (κ1) is 7.72. The molecule has 0 aliphatic carbocycles. The molecule has 0 aliphatic heterocycles. The molecule has 0 aromatic carbocycles. The fourth-order valence-electron chi connectivity index (χ4n) is 0.637. The summed E-state index contributed by atoms with van der Waals surface area (Å²) >= 11 is 0. The number of aryl methyl sites for hydroxylation is 2. The number of aromatic nitrogens is 3. The zero-order valence-corrected chi connectivity index (χ0v) is 6.73. The van der Waals surface area contributed by atoms with E-state index in [2.05, 4.69) is 10.3 Å². The molecule has 0 spiro atoms. The lowest BCUT2D eigenvalue weighted by Gasteiger charge is -1.85. The van der Waals surface area contributed by atoms with Crippen molar-refractivity contribution in [2.75, 3.05) is 0 Å². The summed E-state index contributed by atoms with van der Waals surface area (Å²) in [6.45, 7) is 1.91. The third kappa shape index (κ3) is 2.80. The molecule has 0 fully saturated rings. The second kappa shape index (κ2) is 3.71. The summed E-state index contributed by atoms with van der Waals surface area (Å²) < 4.78 is 1.66. The smallest absolute Gasteiger partial charge is 0.0617 e. The highest BCUT2D eigenvalue weighted by Crippen LogP contribution is 1.83. The van der Waals surface area contributed by atoms with Crippen molar-refractivity contribution in [3.63, 3.8) is 0 Å². The lowest BCUT2D eigenvalue weighted by Crippen LogP contribution is -1.94. The van der Waals surface area contributed by atoms with Crippen LogP contribution >= 0.6 is 0 Å². The predicted molar refractivity (Wildman–Crippen MR) is 43.4 cm³/mol. The molecule has 1 heterocycles. The zero-order chi connectivity index (χ0) is 8.10. The molecule has 0 atom stereocenters. The molecular formula is C8H11N3. The van der Waals surface area contributed by atoms with E-state index in [1.165, 1.54) is 0 Å². The van der Waals surface area contributed by atoms with Gasteiger partial charge in [-0.2, -0.15) is 0 Å². The summed E-state index contributed by atoms with van der Waals surface area (Å²) in [5, 5.41) is 7.82. The Balaban J connectivity index is 3.23. The minimum Gasteiger partial charge on any atom is -0.257 e. The van der Waals surface area contributed by atoms with Gasteiger partial charge in [-0.15, -0.1) is 5.10 Å². The first-order valence-corrected chi connectivity index (χ1v) is 3.45. The number of nitrogens with zero attached hydrogens (tertiary/aromatic N) is 3. The van der Waals surface area contributed by atoms with Gasteiger partial charge in [0, 0.05) is 13.2 Å². The Morgan fingerprint density at radius 3 is 2.91 bits per heavy atom. The van der Waals surface area contributed by atoms with Gasteiger partial charge in [0.15, 0.2) is 0 Å². The Morgan fingerprint density at radius 2 is 2.09 bits per heavy atom. The van der Waals surface area contributed by atoms with Crippen LogP contribution in [0.1, 0.15) is 5.69 Å². The fourth-order valence-corrected chi connectivity index (χ4v) is 0.637. The summed E-state index contributed by atoms with van der Waals surface area (Å²) in [4.78, 5) is 0. The van der Waals surface area contributed by atoms with Crippen molar-refractivity contribution >= 4 is 0 Å². The van der Waals surface area contributed by atoms with Crippen LogP contribution in [-0.2, 0) is 7.05 Å². The molecule has 3 nitrogen and oxygen atoms in total. The van der Waals surface area contributed by atoms with Gasteiger partial charge in [0.05, 0.1) is 5.69 Å². The Labute approximate surface area is 66.0 Å². The van der Waals surface area contributed by atoms with Gasteiger partial charge in [0.1, 0.15) is 0 Å². The largest absolute Gasteiger partial charge is 0.257 e. The van der Waals surface area contributed by atoms with Crippen LogP contribution in [0.15, 0.2) is 30.5 Å². The minimum atomic E-state index is 0.900. The summed E-state index contributed by atoms with van der Waals surface area (Å²) in [5.74, 6) is 0. The van der Waals surface area contributed by atoms with Crippen LogP contribution in [-0.4, -0.2) is 15.0 Å². The molecule has 0 aliphatic rings. The fraction of sp³-hybridized carbons (Fsp3) is 0.250. The monoisotopic (exact) mass is 149 g/mol. The van der Waals surface area contributed by atoms with Crippen molar-refractivity contribution in [2.45, 2.75) is 6.92 Å². The SMILES string of the molecule is Cc1cccccn(C)nn1. The third-order valence-corrected chi connectivity index (χ3v) is 1.20. The summed E-state index contributed by atoms with van der Waals surface area (Å²) in [5.41, 5.74) is 0.900. The molecule has 0 unspecified atom stereocenters. The molecule has 0 bridgehead atoms. The van der Waals surface area contributed by atoms with E-state index in [4.69, 9.17) is 0 Å². The van der Waals surface area contributed by atoms with Crippen LogP contribution in [0.5, 0.6) is 0 Å². The van der Waals surface area contributed by atoms with Gasteiger partial charge in [0.2, 0.25) is 0 Å². The number of rotatable bonds is 0. The van der Waals surface area contributed by atoms with Crippen molar-refractivity contribution in [1.29, 1.82) is 0 Å². The molecule has 3 heteroatoms. The van der Waals surface area contributed by atoms with Crippen molar-refractivity contribution in [3.05, 3.63) is 36.2 Å². The molecule has 0 saturated heterocycles. The highest BCUT2D eigenvalue weighted by molar-refractivity contribution is 4.96.